The van der Waals surface area contributed by atoms with E-state index in [1.54, 1.807) is 0 Å². The third kappa shape index (κ3) is 3.17. The van der Waals surface area contributed by atoms with Crippen LogP contribution in [0.2, 0.25) is 0 Å². The van der Waals surface area contributed by atoms with Crippen molar-refractivity contribution in [1.82, 2.24) is 0 Å². The van der Waals surface area contributed by atoms with Crippen molar-refractivity contribution in [3.05, 3.63) is 30.3 Å². The van der Waals surface area contributed by atoms with Gasteiger partial charge in [0.2, 0.25) is 0 Å². The molecule has 0 aliphatic heterocycles. The van der Waals surface area contributed by atoms with E-state index in [9.17, 15) is 0 Å². The average Bonchev–Trinajstić information content (AvgIpc) is 1.69. The van der Waals surface area contributed by atoms with Crippen molar-refractivity contribution in [2.75, 3.05) is 0 Å². The molecule has 0 bridgehead atoms. The van der Waals surface area contributed by atoms with Crippen LogP contribution in [0.1, 0.15) is 0 Å². The number of benzene rings is 1. The Balaban J connectivity index is 0.000000490. The van der Waals surface area contributed by atoms with Crippen LogP contribution in [0.3, 0.4) is 0 Å². The third-order valence-electron chi connectivity index (χ3n) is 0.843. The molecule has 8 heavy (non-hydrogen) atoms. The van der Waals surface area contributed by atoms with E-state index in [0.29, 0.717) is 0 Å². The zero-order valence-electron chi connectivity index (χ0n) is 5.09. The Morgan fingerprint density at radius 1 is 1.00 bits per heavy atom. The van der Waals surface area contributed by atoms with Crippen LogP contribution in [-0.4, -0.2) is 10.2 Å². The fraction of sp³-hybridized carbons (Fsp3) is 0. The normalized spacial score (nSPS) is 7.50. The smallest absolute Gasteiger partial charge is 0.320 e. The van der Waals surface area contributed by atoms with E-state index in [2.05, 4.69) is 12.1 Å². The van der Waals surface area contributed by atoms with Gasteiger partial charge in [-0.3, -0.25) is 0 Å². The summed E-state index contributed by atoms with van der Waals surface area (Å²) in [6, 6.07) is 10.3. The first-order valence-electron chi connectivity index (χ1n) is 2.26. The van der Waals surface area contributed by atoms with Crippen LogP contribution in [-0.2, 0) is 0 Å². The topological polar surface area (TPSA) is 0 Å². The molecular weight excluding hydrogens is 139 g/mol. The first kappa shape index (κ1) is 9.07. The molecule has 1 rings (SSSR count). The Bertz CT molecular complexity index is 138. The Hall–Kier alpha value is 1.07. The van der Waals surface area contributed by atoms with Crippen molar-refractivity contribution >= 4 is 15.4 Å². The van der Waals surface area contributed by atoms with Crippen LogP contribution >= 0.6 is 0 Å². The van der Waals surface area contributed by atoms with Crippen molar-refractivity contribution < 1.29 is 51.4 Å². The molecule has 0 unspecified atom stereocenters. The van der Waals surface area contributed by atoms with Gasteiger partial charge in [-0.05, 0) is 0 Å². The minimum atomic E-state index is 0. The van der Waals surface area contributed by atoms with Gasteiger partial charge in [-0.25, -0.2) is 5.19 Å². The van der Waals surface area contributed by atoms with Gasteiger partial charge in [-0.15, -0.1) is 0 Å². The van der Waals surface area contributed by atoms with Gasteiger partial charge < -0.3 is 10.2 Å². The van der Waals surface area contributed by atoms with Crippen LogP contribution in [0.15, 0.2) is 30.3 Å². The molecule has 0 saturated carbocycles. The summed E-state index contributed by atoms with van der Waals surface area (Å²) in [5.41, 5.74) is 0. The Labute approximate surface area is 95.5 Å². The summed E-state index contributed by atoms with van der Waals surface area (Å²) >= 11 is 0. The summed E-state index contributed by atoms with van der Waals surface area (Å²) in [5.74, 6) is 0. The van der Waals surface area contributed by atoms with Gasteiger partial charge in [0, 0.05) is 0 Å². The van der Waals surface area contributed by atoms with Crippen LogP contribution in [0.5, 0.6) is 0 Å². The van der Waals surface area contributed by atoms with Crippen molar-refractivity contribution in [3.8, 4) is 0 Å². The summed E-state index contributed by atoms with van der Waals surface area (Å²) in [7, 11) is 1.90. The minimum Gasteiger partial charge on any atom is -0.320 e. The Morgan fingerprint density at radius 2 is 1.50 bits per heavy atom. The van der Waals surface area contributed by atoms with Crippen molar-refractivity contribution in [3.63, 3.8) is 0 Å². The van der Waals surface area contributed by atoms with Gasteiger partial charge in [-0.1, -0.05) is 30.3 Å². The molecule has 1 aromatic rings. The van der Waals surface area contributed by atoms with Crippen molar-refractivity contribution in [2.24, 2.45) is 0 Å². The standard InChI is InChI=1S/C6H7Si.K/c7-6-4-2-1-3-5-6;/h1-5H,7H2;/q-1;+1. The maximum absolute atomic E-state index is 2.10. The van der Waals surface area contributed by atoms with E-state index in [4.69, 9.17) is 0 Å². The summed E-state index contributed by atoms with van der Waals surface area (Å²) < 4.78 is 0. The molecule has 0 nitrogen and oxygen atoms in total. The molecule has 0 radical (unpaired) electrons. The first-order valence-corrected chi connectivity index (χ1v) is 2.97. The van der Waals surface area contributed by atoms with E-state index < -0.39 is 0 Å². The van der Waals surface area contributed by atoms with Crippen molar-refractivity contribution in [2.45, 2.75) is 0 Å². The predicted molar refractivity (Wildman–Crippen MR) is 34.6 cm³/mol. The summed E-state index contributed by atoms with van der Waals surface area (Å²) in [5, 5.41) is 1.35. The largest absolute Gasteiger partial charge is 1.00 e. The zero-order valence-corrected chi connectivity index (χ0v) is 9.63. The van der Waals surface area contributed by atoms with E-state index in [-0.39, 0.29) is 51.4 Å². The van der Waals surface area contributed by atoms with E-state index >= 15 is 0 Å². The maximum Gasteiger partial charge on any atom is 1.00 e. The van der Waals surface area contributed by atoms with Crippen molar-refractivity contribution in [1.29, 1.82) is 0 Å². The molecule has 2 heteroatoms. The first-order chi connectivity index (χ1) is 3.39. The van der Waals surface area contributed by atoms with Gasteiger partial charge in [0.25, 0.3) is 0 Å². The molecule has 1 aromatic carbocycles. The monoisotopic (exact) mass is 146 g/mol. The Kier molecular flexibility index (Phi) is 5.56. The maximum atomic E-state index is 2.10. The molecule has 0 amide bonds. The molecule has 36 valence electrons. The molecule has 0 saturated heterocycles. The fourth-order valence-electron chi connectivity index (χ4n) is 0.478. The van der Waals surface area contributed by atoms with E-state index in [0.717, 1.165) is 0 Å². The van der Waals surface area contributed by atoms with Gasteiger partial charge in [0.05, 0.1) is 0 Å². The SMILES string of the molecule is [K+].[SiH2-]c1ccccc1. The molecule has 0 aliphatic carbocycles. The fourth-order valence-corrected chi connectivity index (χ4v) is 0.750. The van der Waals surface area contributed by atoms with Crippen LogP contribution in [0.25, 0.3) is 0 Å². The number of rotatable bonds is 0. The van der Waals surface area contributed by atoms with Gasteiger partial charge in [0.15, 0.2) is 0 Å². The summed E-state index contributed by atoms with van der Waals surface area (Å²) in [6.07, 6.45) is 0. The number of hydrogen-bond donors (Lipinski definition) is 0. The molecule has 0 aromatic heterocycles. The number of hydrogen-bond acceptors (Lipinski definition) is 0. The zero-order chi connectivity index (χ0) is 5.11. The van der Waals surface area contributed by atoms with Crippen LogP contribution < -0.4 is 56.6 Å². The average molecular weight is 146 g/mol. The van der Waals surface area contributed by atoms with Crippen LogP contribution in [0, 0.1) is 0 Å². The second-order valence-electron chi connectivity index (χ2n) is 1.49. The van der Waals surface area contributed by atoms with Gasteiger partial charge in [-0.2, -0.15) is 0 Å². The van der Waals surface area contributed by atoms with E-state index in [1.807, 2.05) is 28.4 Å². The second-order valence-corrected chi connectivity index (χ2v) is 2.30. The molecule has 0 spiro atoms. The molecular formula is C6H7KSi. The summed E-state index contributed by atoms with van der Waals surface area (Å²) in [6.45, 7) is 0. The predicted octanol–water partition coefficient (Wildman–Crippen LogP) is -3.05. The molecule has 0 N–H and O–H groups in total. The molecule has 0 aliphatic rings. The van der Waals surface area contributed by atoms with Gasteiger partial charge >= 0.3 is 51.4 Å². The quantitative estimate of drug-likeness (QED) is 0.341. The summed E-state index contributed by atoms with van der Waals surface area (Å²) in [4.78, 5) is 0. The molecule has 0 heterocycles. The third-order valence-corrected chi connectivity index (χ3v) is 1.31. The molecule has 0 atom stereocenters. The second kappa shape index (κ2) is 4.91. The Morgan fingerprint density at radius 3 is 1.75 bits per heavy atom. The van der Waals surface area contributed by atoms with E-state index in [1.165, 1.54) is 5.19 Å². The van der Waals surface area contributed by atoms with Crippen LogP contribution in [0.4, 0.5) is 0 Å². The molecule has 0 fully saturated rings. The minimum absolute atomic E-state index is 0. The van der Waals surface area contributed by atoms with Gasteiger partial charge in [0.1, 0.15) is 0 Å².